The third-order valence-corrected chi connectivity index (χ3v) is 11.8. The Labute approximate surface area is 354 Å². The minimum Gasteiger partial charge on any atom is -0.309 e. The molecule has 286 valence electrons. The lowest BCUT2D eigenvalue weighted by Gasteiger charge is -2.15. The Hall–Kier alpha value is -8.14. The summed E-state index contributed by atoms with van der Waals surface area (Å²) in [5.74, 6) is 0.212. The molecule has 1 heterocycles. The number of rotatable bonds is 7. The van der Waals surface area contributed by atoms with E-state index in [2.05, 4.69) is 199 Å². The Morgan fingerprint density at radius 3 is 1.92 bits per heavy atom. The predicted octanol–water partition coefficient (Wildman–Crippen LogP) is 15.1. The van der Waals surface area contributed by atoms with Crippen molar-refractivity contribution >= 4 is 71.7 Å². The van der Waals surface area contributed by atoms with E-state index in [1.807, 2.05) is 36.4 Å². The molecule has 11 rings (SSSR count). The molecule has 0 aliphatic rings. The van der Waals surface area contributed by atoms with E-state index in [-0.39, 0.29) is 5.84 Å². The molecule has 3 nitrogen and oxygen atoms in total. The number of benzene rings is 10. The highest BCUT2D eigenvalue weighted by molar-refractivity contribution is 6.27. The van der Waals surface area contributed by atoms with Crippen LogP contribution in [0.25, 0.3) is 88.1 Å². The Balaban J connectivity index is 1.03. The molecule has 10 aromatic carbocycles. The van der Waals surface area contributed by atoms with Gasteiger partial charge in [-0.1, -0.05) is 182 Å². The monoisotopic (exact) mass is 777 g/mol. The number of allylic oxidation sites excluding steroid dienone is 1. The lowest BCUT2D eigenvalue weighted by molar-refractivity contribution is 1.18. The molecule has 0 saturated carbocycles. The van der Waals surface area contributed by atoms with Gasteiger partial charge in [-0.15, -0.1) is 0 Å². The van der Waals surface area contributed by atoms with Gasteiger partial charge in [0.2, 0.25) is 0 Å². The standard InChI is InChI=1S/C58H39N3/c59-58(41-18-3-1-4-19-41)60-53(50-29-15-31-55-57(50)51-28-11-12-30-54(51)61(55)46-24-5-2-6-25-46)35-32-39-16-13-21-42(36-39)43-22-14-23-45(37-43)56-48-27-10-8-20-44(48)38-52-47-26-9-7-17-40(47)33-34-49(52)56/h1-38,59H/b35-32+,59-58?,60-53?. The molecular weight excluding hydrogens is 739 g/mol. The number of nitrogens with one attached hydrogen (secondary N) is 1. The van der Waals surface area contributed by atoms with Gasteiger partial charge in [-0.05, 0) is 109 Å². The molecule has 11 aromatic rings. The number of aromatic nitrogens is 1. The van der Waals surface area contributed by atoms with Gasteiger partial charge in [0, 0.05) is 27.6 Å². The van der Waals surface area contributed by atoms with Crippen LogP contribution in [0.2, 0.25) is 0 Å². The zero-order valence-electron chi connectivity index (χ0n) is 33.3. The predicted molar refractivity (Wildman–Crippen MR) is 259 cm³/mol. The third kappa shape index (κ3) is 6.50. The molecule has 0 amide bonds. The van der Waals surface area contributed by atoms with Crippen LogP contribution in [0.5, 0.6) is 0 Å². The summed E-state index contributed by atoms with van der Waals surface area (Å²) in [6, 6.07) is 77.1. The molecule has 0 radical (unpaired) electrons. The van der Waals surface area contributed by atoms with Crippen LogP contribution in [0, 0.1) is 5.41 Å². The molecule has 0 atom stereocenters. The molecule has 0 fully saturated rings. The zero-order chi connectivity index (χ0) is 40.7. The van der Waals surface area contributed by atoms with Crippen LogP contribution >= 0.6 is 0 Å². The minimum absolute atomic E-state index is 0.212. The Bertz CT molecular complexity index is 3540. The number of fused-ring (bicyclic) bond motifs is 7. The number of nitrogens with zero attached hydrogens (tertiary/aromatic N) is 2. The highest BCUT2D eigenvalue weighted by Gasteiger charge is 2.18. The van der Waals surface area contributed by atoms with E-state index in [1.54, 1.807) is 0 Å². The smallest absolute Gasteiger partial charge is 0.152 e. The summed E-state index contributed by atoms with van der Waals surface area (Å²) in [6.45, 7) is 0. The topological polar surface area (TPSA) is 41.1 Å². The van der Waals surface area contributed by atoms with Gasteiger partial charge < -0.3 is 4.57 Å². The Kier molecular flexibility index (Phi) is 8.98. The van der Waals surface area contributed by atoms with Crippen molar-refractivity contribution in [1.29, 1.82) is 5.41 Å². The first kappa shape index (κ1) is 36.0. The summed E-state index contributed by atoms with van der Waals surface area (Å²) in [6.07, 6.45) is 4.20. The Morgan fingerprint density at radius 2 is 1.08 bits per heavy atom. The SMILES string of the molecule is N=C(N=C(/C=C/c1cccc(-c2cccc(-c3c4ccccc4cc4c3ccc3ccccc34)c2)c1)c1cccc2c1c1ccccc1n2-c1ccccc1)c1ccccc1. The number of aliphatic imine (C=N–C) groups is 1. The van der Waals surface area contributed by atoms with Crippen LogP contribution in [-0.4, -0.2) is 16.1 Å². The van der Waals surface area contributed by atoms with E-state index in [4.69, 9.17) is 10.4 Å². The van der Waals surface area contributed by atoms with Gasteiger partial charge in [0.25, 0.3) is 0 Å². The number of hydrogen-bond donors (Lipinski definition) is 1. The van der Waals surface area contributed by atoms with E-state index in [0.717, 1.165) is 61.0 Å². The van der Waals surface area contributed by atoms with E-state index in [0.29, 0.717) is 0 Å². The van der Waals surface area contributed by atoms with Gasteiger partial charge >= 0.3 is 0 Å². The van der Waals surface area contributed by atoms with E-state index >= 15 is 0 Å². The van der Waals surface area contributed by atoms with Crippen LogP contribution < -0.4 is 0 Å². The average Bonchev–Trinajstić information content (AvgIpc) is 3.67. The quantitative estimate of drug-likeness (QED) is 0.0725. The molecule has 0 saturated heterocycles. The van der Waals surface area contributed by atoms with Crippen molar-refractivity contribution in [3.8, 4) is 27.9 Å². The van der Waals surface area contributed by atoms with Crippen LogP contribution in [-0.2, 0) is 0 Å². The number of hydrogen-bond acceptors (Lipinski definition) is 1. The second kappa shape index (κ2) is 15.2. The fourth-order valence-electron chi connectivity index (χ4n) is 9.04. The van der Waals surface area contributed by atoms with Gasteiger partial charge in [-0.25, -0.2) is 4.99 Å². The fraction of sp³-hybridized carbons (Fsp3) is 0. The van der Waals surface area contributed by atoms with Gasteiger partial charge in [-0.3, -0.25) is 5.41 Å². The van der Waals surface area contributed by atoms with Crippen molar-refractivity contribution in [2.75, 3.05) is 0 Å². The maximum atomic E-state index is 9.15. The summed E-state index contributed by atoms with van der Waals surface area (Å²) in [5.41, 5.74) is 11.5. The summed E-state index contributed by atoms with van der Waals surface area (Å²) < 4.78 is 2.32. The highest BCUT2D eigenvalue weighted by Crippen LogP contribution is 2.41. The molecule has 0 bridgehead atoms. The largest absolute Gasteiger partial charge is 0.309 e. The molecule has 61 heavy (non-hydrogen) atoms. The normalized spacial score (nSPS) is 12.0. The molecule has 0 unspecified atom stereocenters. The first-order valence-electron chi connectivity index (χ1n) is 20.7. The molecule has 0 aliphatic heterocycles. The molecule has 1 N–H and O–H groups in total. The lowest BCUT2D eigenvalue weighted by atomic mass is 9.89. The van der Waals surface area contributed by atoms with Crippen LogP contribution in [0.15, 0.2) is 229 Å². The molecular formula is C58H39N3. The number of amidine groups is 1. The number of para-hydroxylation sites is 2. The van der Waals surface area contributed by atoms with Crippen molar-refractivity contribution in [1.82, 2.24) is 4.57 Å². The Morgan fingerprint density at radius 1 is 0.443 bits per heavy atom. The summed E-state index contributed by atoms with van der Waals surface area (Å²) >= 11 is 0. The van der Waals surface area contributed by atoms with Crippen molar-refractivity contribution < 1.29 is 0 Å². The van der Waals surface area contributed by atoms with Crippen molar-refractivity contribution in [3.63, 3.8) is 0 Å². The van der Waals surface area contributed by atoms with Crippen molar-refractivity contribution in [2.24, 2.45) is 4.99 Å². The molecule has 3 heteroatoms. The fourth-order valence-corrected chi connectivity index (χ4v) is 9.04. The summed E-state index contributed by atoms with van der Waals surface area (Å²) in [7, 11) is 0. The van der Waals surface area contributed by atoms with Crippen molar-refractivity contribution in [3.05, 3.63) is 241 Å². The summed E-state index contributed by atoms with van der Waals surface area (Å²) in [5, 5.41) is 18.9. The minimum atomic E-state index is 0.212. The van der Waals surface area contributed by atoms with E-state index in [1.165, 1.54) is 43.4 Å². The lowest BCUT2D eigenvalue weighted by Crippen LogP contribution is -2.04. The van der Waals surface area contributed by atoms with Crippen LogP contribution in [0.1, 0.15) is 16.7 Å². The second-order valence-electron chi connectivity index (χ2n) is 15.5. The van der Waals surface area contributed by atoms with Crippen LogP contribution in [0.3, 0.4) is 0 Å². The van der Waals surface area contributed by atoms with E-state index in [9.17, 15) is 0 Å². The van der Waals surface area contributed by atoms with E-state index < -0.39 is 0 Å². The molecule has 0 aliphatic carbocycles. The second-order valence-corrected chi connectivity index (χ2v) is 15.5. The highest BCUT2D eigenvalue weighted by atomic mass is 15.0. The van der Waals surface area contributed by atoms with Crippen molar-refractivity contribution in [2.45, 2.75) is 0 Å². The maximum absolute atomic E-state index is 9.15. The van der Waals surface area contributed by atoms with Crippen LogP contribution in [0.4, 0.5) is 0 Å². The van der Waals surface area contributed by atoms with Gasteiger partial charge in [0.05, 0.1) is 16.7 Å². The first-order chi connectivity index (χ1) is 30.2. The first-order valence-corrected chi connectivity index (χ1v) is 20.7. The van der Waals surface area contributed by atoms with Gasteiger partial charge in [-0.2, -0.15) is 0 Å². The zero-order valence-corrected chi connectivity index (χ0v) is 33.3. The molecule has 0 spiro atoms. The van der Waals surface area contributed by atoms with Gasteiger partial charge in [0.1, 0.15) is 0 Å². The maximum Gasteiger partial charge on any atom is 0.152 e. The average molecular weight is 778 g/mol. The third-order valence-electron chi connectivity index (χ3n) is 11.8. The molecule has 1 aromatic heterocycles. The summed E-state index contributed by atoms with van der Waals surface area (Å²) in [4.78, 5) is 5.07. The van der Waals surface area contributed by atoms with Gasteiger partial charge in [0.15, 0.2) is 5.84 Å².